The number of halogens is 1. The van der Waals surface area contributed by atoms with Gasteiger partial charge >= 0.3 is 5.97 Å². The van der Waals surface area contributed by atoms with E-state index in [9.17, 15) is 14.7 Å². The van der Waals surface area contributed by atoms with E-state index in [2.05, 4.69) is 32.0 Å². The lowest BCUT2D eigenvalue weighted by Crippen LogP contribution is -2.13. The Balaban J connectivity index is 1.85. The third-order valence-electron chi connectivity index (χ3n) is 8.08. The third kappa shape index (κ3) is 9.66. The number of benzene rings is 3. The van der Waals surface area contributed by atoms with E-state index in [1.54, 1.807) is 30.3 Å². The fourth-order valence-corrected chi connectivity index (χ4v) is 5.47. The van der Waals surface area contributed by atoms with E-state index in [0.717, 1.165) is 61.6 Å². The number of carbonyl (C=O) groups is 2. The second-order valence-electron chi connectivity index (χ2n) is 11.4. The first-order valence-corrected chi connectivity index (χ1v) is 15.7. The standard InChI is InChI=1S/C37H47FO3/c1-4-6-8-10-11-12-14-16-28-17-23-32(29-18-20-30(21-19-29)37(40)41)34(25-28)31-22-24-33(35(38)26-31)36(39)27(3)15-13-9-7-5-2/h17-27H,4-16H2,1-3H3,(H,40,41). The molecule has 0 aliphatic heterocycles. The minimum atomic E-state index is -0.969. The van der Waals surface area contributed by atoms with E-state index in [1.807, 2.05) is 13.0 Å². The van der Waals surface area contributed by atoms with E-state index in [4.69, 9.17) is 0 Å². The molecule has 1 atom stereocenters. The molecular formula is C37H47FO3. The first-order valence-electron chi connectivity index (χ1n) is 15.7. The van der Waals surface area contributed by atoms with Gasteiger partial charge in [-0.3, -0.25) is 4.79 Å². The highest BCUT2D eigenvalue weighted by molar-refractivity contribution is 5.98. The largest absolute Gasteiger partial charge is 0.478 e. The van der Waals surface area contributed by atoms with Crippen LogP contribution in [-0.4, -0.2) is 16.9 Å². The normalized spacial score (nSPS) is 11.9. The summed E-state index contributed by atoms with van der Waals surface area (Å²) in [5.41, 5.74) is 4.96. The van der Waals surface area contributed by atoms with Crippen molar-refractivity contribution in [3.8, 4) is 22.3 Å². The minimum Gasteiger partial charge on any atom is -0.478 e. The lowest BCUT2D eigenvalue weighted by molar-refractivity contribution is 0.0696. The number of aromatic carboxylic acids is 1. The number of aryl methyl sites for hydroxylation is 1. The number of rotatable bonds is 18. The zero-order valence-corrected chi connectivity index (χ0v) is 25.2. The van der Waals surface area contributed by atoms with Gasteiger partial charge < -0.3 is 5.11 Å². The zero-order chi connectivity index (χ0) is 29.6. The molecule has 3 aromatic rings. The van der Waals surface area contributed by atoms with E-state index < -0.39 is 11.8 Å². The Morgan fingerprint density at radius 3 is 1.95 bits per heavy atom. The fraction of sp³-hybridized carbons (Fsp3) is 0.459. The topological polar surface area (TPSA) is 54.4 Å². The van der Waals surface area contributed by atoms with Crippen molar-refractivity contribution < 1.29 is 19.1 Å². The van der Waals surface area contributed by atoms with Gasteiger partial charge in [0.2, 0.25) is 0 Å². The molecule has 0 aliphatic carbocycles. The molecule has 1 unspecified atom stereocenters. The van der Waals surface area contributed by atoms with Crippen LogP contribution in [0.5, 0.6) is 0 Å². The Hall–Kier alpha value is -3.27. The maximum atomic E-state index is 15.5. The average Bonchev–Trinajstić information content (AvgIpc) is 2.98. The smallest absolute Gasteiger partial charge is 0.335 e. The van der Waals surface area contributed by atoms with Gasteiger partial charge in [0, 0.05) is 5.92 Å². The summed E-state index contributed by atoms with van der Waals surface area (Å²) in [5, 5.41) is 9.32. The molecule has 0 spiro atoms. The first-order chi connectivity index (χ1) is 19.8. The number of carboxylic acids is 1. The molecule has 3 rings (SSSR count). The van der Waals surface area contributed by atoms with Crippen molar-refractivity contribution in [1.82, 2.24) is 0 Å². The van der Waals surface area contributed by atoms with Crippen molar-refractivity contribution in [2.24, 2.45) is 5.92 Å². The number of Topliss-reactive ketones (excluding diaryl/α,β-unsaturated/α-hetero) is 1. The molecule has 220 valence electrons. The molecule has 0 saturated carbocycles. The monoisotopic (exact) mass is 558 g/mol. The highest BCUT2D eigenvalue weighted by Crippen LogP contribution is 2.35. The number of hydrogen-bond acceptors (Lipinski definition) is 2. The summed E-state index contributed by atoms with van der Waals surface area (Å²) in [4.78, 5) is 24.4. The van der Waals surface area contributed by atoms with Gasteiger partial charge in [0.05, 0.1) is 11.1 Å². The second-order valence-corrected chi connectivity index (χ2v) is 11.4. The summed E-state index contributed by atoms with van der Waals surface area (Å²) in [6.07, 6.45) is 14.8. The van der Waals surface area contributed by atoms with Crippen LogP contribution in [0.4, 0.5) is 4.39 Å². The quantitative estimate of drug-likeness (QED) is 0.125. The molecule has 41 heavy (non-hydrogen) atoms. The predicted molar refractivity (Wildman–Crippen MR) is 168 cm³/mol. The molecule has 3 nitrogen and oxygen atoms in total. The van der Waals surface area contributed by atoms with Crippen molar-refractivity contribution in [1.29, 1.82) is 0 Å². The van der Waals surface area contributed by atoms with Gasteiger partial charge in [0.1, 0.15) is 5.82 Å². The van der Waals surface area contributed by atoms with Crippen LogP contribution in [0, 0.1) is 11.7 Å². The van der Waals surface area contributed by atoms with Crippen LogP contribution < -0.4 is 0 Å². The number of unbranched alkanes of at least 4 members (excludes halogenated alkanes) is 9. The SMILES string of the molecule is CCCCCCCCCc1ccc(-c2ccc(C(=O)O)cc2)c(-c2ccc(C(=O)C(C)CCCCCC)c(F)c2)c1. The molecule has 3 aromatic carbocycles. The summed E-state index contributed by atoms with van der Waals surface area (Å²) in [7, 11) is 0. The maximum absolute atomic E-state index is 15.5. The summed E-state index contributed by atoms with van der Waals surface area (Å²) < 4.78 is 15.5. The fourth-order valence-electron chi connectivity index (χ4n) is 5.47. The van der Waals surface area contributed by atoms with E-state index >= 15 is 4.39 Å². The van der Waals surface area contributed by atoms with Crippen molar-refractivity contribution in [2.45, 2.75) is 104 Å². The number of hydrogen-bond donors (Lipinski definition) is 1. The molecule has 0 radical (unpaired) electrons. The molecule has 0 saturated heterocycles. The van der Waals surface area contributed by atoms with Crippen molar-refractivity contribution >= 4 is 11.8 Å². The van der Waals surface area contributed by atoms with Crippen LogP contribution in [-0.2, 0) is 6.42 Å². The Morgan fingerprint density at radius 1 is 0.707 bits per heavy atom. The van der Waals surface area contributed by atoms with Gasteiger partial charge in [-0.25, -0.2) is 9.18 Å². The van der Waals surface area contributed by atoms with Gasteiger partial charge in [-0.05, 0) is 71.3 Å². The number of carboxylic acid groups (broad SMARTS) is 1. The molecule has 0 aliphatic rings. The van der Waals surface area contributed by atoms with Crippen molar-refractivity contribution in [3.05, 3.63) is 83.2 Å². The Bertz CT molecular complexity index is 1260. The van der Waals surface area contributed by atoms with Crippen LogP contribution in [0.25, 0.3) is 22.3 Å². The lowest BCUT2D eigenvalue weighted by Gasteiger charge is -2.15. The average molecular weight is 559 g/mol. The van der Waals surface area contributed by atoms with Crippen LogP contribution in [0.1, 0.15) is 124 Å². The summed E-state index contributed by atoms with van der Waals surface area (Å²) in [6, 6.07) is 18.1. The highest BCUT2D eigenvalue weighted by atomic mass is 19.1. The molecular weight excluding hydrogens is 511 g/mol. The summed E-state index contributed by atoms with van der Waals surface area (Å²) >= 11 is 0. The van der Waals surface area contributed by atoms with E-state index in [-0.39, 0.29) is 22.8 Å². The predicted octanol–water partition coefficient (Wildman–Crippen LogP) is 10.9. The Labute approximate surface area is 246 Å². The van der Waals surface area contributed by atoms with Crippen LogP contribution in [0.3, 0.4) is 0 Å². The molecule has 0 bridgehead atoms. The van der Waals surface area contributed by atoms with Crippen LogP contribution >= 0.6 is 0 Å². The number of carbonyl (C=O) groups excluding carboxylic acids is 1. The van der Waals surface area contributed by atoms with Gasteiger partial charge in [-0.15, -0.1) is 0 Å². The van der Waals surface area contributed by atoms with Crippen molar-refractivity contribution in [3.63, 3.8) is 0 Å². The van der Waals surface area contributed by atoms with Gasteiger partial charge in [0.25, 0.3) is 0 Å². The zero-order valence-electron chi connectivity index (χ0n) is 25.2. The van der Waals surface area contributed by atoms with Gasteiger partial charge in [-0.2, -0.15) is 0 Å². The Kier molecular flexibility index (Phi) is 13.3. The number of ketones is 1. The van der Waals surface area contributed by atoms with Crippen LogP contribution in [0.15, 0.2) is 60.7 Å². The highest BCUT2D eigenvalue weighted by Gasteiger charge is 2.20. The van der Waals surface area contributed by atoms with E-state index in [0.29, 0.717) is 5.56 Å². The first kappa shape index (κ1) is 32.2. The maximum Gasteiger partial charge on any atom is 0.335 e. The van der Waals surface area contributed by atoms with Gasteiger partial charge in [0.15, 0.2) is 5.78 Å². The van der Waals surface area contributed by atoms with Crippen molar-refractivity contribution in [2.75, 3.05) is 0 Å². The molecule has 0 heterocycles. The second kappa shape index (κ2) is 16.9. The molecule has 0 aromatic heterocycles. The Morgan fingerprint density at radius 2 is 1.32 bits per heavy atom. The van der Waals surface area contributed by atoms with E-state index in [1.165, 1.54) is 50.2 Å². The summed E-state index contributed by atoms with van der Waals surface area (Å²) in [6.45, 7) is 6.29. The molecule has 0 fully saturated rings. The molecule has 4 heteroatoms. The van der Waals surface area contributed by atoms with Gasteiger partial charge in [-0.1, -0.05) is 121 Å². The summed E-state index contributed by atoms with van der Waals surface area (Å²) in [5.74, 6) is -1.80. The molecule has 1 N–H and O–H groups in total. The third-order valence-corrected chi connectivity index (χ3v) is 8.08. The van der Waals surface area contributed by atoms with Crippen LogP contribution in [0.2, 0.25) is 0 Å². The molecule has 0 amide bonds. The lowest BCUT2D eigenvalue weighted by atomic mass is 9.89. The minimum absolute atomic E-state index is 0.136.